The summed E-state index contributed by atoms with van der Waals surface area (Å²) in [4.78, 5) is 22.6. The molecule has 4 nitrogen and oxygen atoms in total. The molecular formula is C13H20O4. The lowest BCUT2D eigenvalue weighted by molar-refractivity contribution is -0.135. The Balaban J connectivity index is 2.97. The van der Waals surface area contributed by atoms with Crippen molar-refractivity contribution in [2.75, 3.05) is 0 Å². The SMILES string of the molecule is C[C@@H](O)CC[C@H]1C(C(=O)O)=CC(=O)CC1(C)C. The van der Waals surface area contributed by atoms with Gasteiger partial charge >= 0.3 is 5.97 Å². The largest absolute Gasteiger partial charge is 0.478 e. The van der Waals surface area contributed by atoms with Crippen LogP contribution in [0.1, 0.15) is 40.0 Å². The minimum atomic E-state index is -1.03. The van der Waals surface area contributed by atoms with Gasteiger partial charge in [-0.15, -0.1) is 0 Å². The Labute approximate surface area is 101 Å². The van der Waals surface area contributed by atoms with Gasteiger partial charge in [-0.05, 0) is 37.2 Å². The maximum absolute atomic E-state index is 11.5. The van der Waals surface area contributed by atoms with Crippen LogP contribution in [0.5, 0.6) is 0 Å². The van der Waals surface area contributed by atoms with Gasteiger partial charge in [0.25, 0.3) is 0 Å². The van der Waals surface area contributed by atoms with Gasteiger partial charge in [-0.1, -0.05) is 13.8 Å². The van der Waals surface area contributed by atoms with E-state index in [0.29, 0.717) is 19.3 Å². The van der Waals surface area contributed by atoms with Crippen LogP contribution in [0, 0.1) is 11.3 Å². The van der Waals surface area contributed by atoms with E-state index in [2.05, 4.69) is 0 Å². The van der Waals surface area contributed by atoms with Crippen LogP contribution in [0.2, 0.25) is 0 Å². The Morgan fingerprint density at radius 1 is 1.59 bits per heavy atom. The van der Waals surface area contributed by atoms with Crippen LogP contribution in [0.4, 0.5) is 0 Å². The molecule has 0 spiro atoms. The maximum atomic E-state index is 11.5. The number of aliphatic hydroxyl groups is 1. The second kappa shape index (κ2) is 5.00. The first-order valence-electron chi connectivity index (χ1n) is 5.90. The summed E-state index contributed by atoms with van der Waals surface area (Å²) in [6, 6.07) is 0. The Bertz CT molecular complexity index is 352. The number of carbonyl (C=O) groups excluding carboxylic acids is 1. The summed E-state index contributed by atoms with van der Waals surface area (Å²) in [7, 11) is 0. The Kier molecular flexibility index (Phi) is 4.09. The number of aliphatic hydroxyl groups excluding tert-OH is 1. The van der Waals surface area contributed by atoms with Crippen LogP contribution in [0.25, 0.3) is 0 Å². The quantitative estimate of drug-likeness (QED) is 0.785. The van der Waals surface area contributed by atoms with Crippen molar-refractivity contribution in [3.63, 3.8) is 0 Å². The van der Waals surface area contributed by atoms with Crippen molar-refractivity contribution in [3.8, 4) is 0 Å². The van der Waals surface area contributed by atoms with E-state index in [1.54, 1.807) is 6.92 Å². The van der Waals surface area contributed by atoms with Crippen LogP contribution in [-0.4, -0.2) is 28.1 Å². The smallest absolute Gasteiger partial charge is 0.331 e. The molecule has 2 atom stereocenters. The van der Waals surface area contributed by atoms with E-state index in [1.165, 1.54) is 6.08 Å². The molecule has 0 aromatic rings. The van der Waals surface area contributed by atoms with Gasteiger partial charge in [0.15, 0.2) is 5.78 Å². The molecule has 0 saturated heterocycles. The summed E-state index contributed by atoms with van der Waals surface area (Å²) in [6.07, 6.45) is 2.32. The third-order valence-electron chi connectivity index (χ3n) is 3.39. The van der Waals surface area contributed by atoms with Crippen molar-refractivity contribution in [2.45, 2.75) is 46.1 Å². The van der Waals surface area contributed by atoms with Gasteiger partial charge in [-0.3, -0.25) is 4.79 Å². The summed E-state index contributed by atoms with van der Waals surface area (Å²) in [5, 5.41) is 18.4. The van der Waals surface area contributed by atoms with Gasteiger partial charge in [0, 0.05) is 12.0 Å². The van der Waals surface area contributed by atoms with Crippen LogP contribution >= 0.6 is 0 Å². The molecule has 4 heteroatoms. The molecule has 0 saturated carbocycles. The van der Waals surface area contributed by atoms with Gasteiger partial charge in [0.05, 0.1) is 6.10 Å². The molecule has 0 fully saturated rings. The zero-order chi connectivity index (χ0) is 13.2. The molecule has 1 aliphatic carbocycles. The van der Waals surface area contributed by atoms with Crippen molar-refractivity contribution >= 4 is 11.8 Å². The standard InChI is InChI=1S/C13H20O4/c1-8(14)4-5-11-10(12(16)17)6-9(15)7-13(11,2)3/h6,8,11,14H,4-5,7H2,1-3H3,(H,16,17)/t8-,11+/m1/s1. The van der Waals surface area contributed by atoms with Crippen molar-refractivity contribution in [1.82, 2.24) is 0 Å². The molecule has 1 rings (SSSR count). The predicted octanol–water partition coefficient (Wildman–Crippen LogP) is 1.77. The first-order valence-corrected chi connectivity index (χ1v) is 5.90. The normalized spacial score (nSPS) is 25.3. The minimum Gasteiger partial charge on any atom is -0.478 e. The lowest BCUT2D eigenvalue weighted by Gasteiger charge is -2.37. The highest BCUT2D eigenvalue weighted by Gasteiger charge is 2.39. The fourth-order valence-electron chi connectivity index (χ4n) is 2.48. The molecule has 1 aliphatic rings. The van der Waals surface area contributed by atoms with Crippen molar-refractivity contribution in [2.24, 2.45) is 11.3 Å². The molecule has 0 aliphatic heterocycles. The van der Waals surface area contributed by atoms with E-state index >= 15 is 0 Å². The summed E-state index contributed by atoms with van der Waals surface area (Å²) in [5.74, 6) is -1.32. The second-order valence-electron chi connectivity index (χ2n) is 5.52. The summed E-state index contributed by atoms with van der Waals surface area (Å²) < 4.78 is 0. The Morgan fingerprint density at radius 2 is 2.18 bits per heavy atom. The number of rotatable bonds is 4. The number of hydrogen-bond acceptors (Lipinski definition) is 3. The summed E-state index contributed by atoms with van der Waals surface area (Å²) in [6.45, 7) is 5.51. The molecule has 0 amide bonds. The van der Waals surface area contributed by atoms with Crippen LogP contribution in [0.15, 0.2) is 11.6 Å². The minimum absolute atomic E-state index is 0.124. The fourth-order valence-corrected chi connectivity index (χ4v) is 2.48. The fraction of sp³-hybridized carbons (Fsp3) is 0.692. The van der Waals surface area contributed by atoms with Gasteiger partial charge < -0.3 is 10.2 Å². The first-order chi connectivity index (χ1) is 7.74. The highest BCUT2D eigenvalue weighted by Crippen LogP contribution is 2.42. The third kappa shape index (κ3) is 3.40. The average Bonchev–Trinajstić information content (AvgIpc) is 2.12. The molecular weight excluding hydrogens is 220 g/mol. The van der Waals surface area contributed by atoms with E-state index in [4.69, 9.17) is 5.11 Å². The van der Waals surface area contributed by atoms with Crippen LogP contribution < -0.4 is 0 Å². The topological polar surface area (TPSA) is 74.6 Å². The van der Waals surface area contributed by atoms with E-state index in [0.717, 1.165) is 0 Å². The maximum Gasteiger partial charge on any atom is 0.331 e. The van der Waals surface area contributed by atoms with Gasteiger partial charge in [-0.25, -0.2) is 4.79 Å². The van der Waals surface area contributed by atoms with Crippen LogP contribution in [0.3, 0.4) is 0 Å². The number of hydrogen-bond donors (Lipinski definition) is 2. The zero-order valence-electron chi connectivity index (χ0n) is 10.6. The lowest BCUT2D eigenvalue weighted by atomic mass is 9.66. The van der Waals surface area contributed by atoms with E-state index < -0.39 is 12.1 Å². The summed E-state index contributed by atoms with van der Waals surface area (Å²) >= 11 is 0. The molecule has 0 heterocycles. The van der Waals surface area contributed by atoms with Gasteiger partial charge in [0.1, 0.15) is 0 Å². The average molecular weight is 240 g/mol. The van der Waals surface area contributed by atoms with Crippen molar-refractivity contribution in [1.29, 1.82) is 0 Å². The monoisotopic (exact) mass is 240 g/mol. The molecule has 2 N–H and O–H groups in total. The number of allylic oxidation sites excluding steroid dienone is 1. The predicted molar refractivity (Wildman–Crippen MR) is 63.5 cm³/mol. The lowest BCUT2D eigenvalue weighted by Crippen LogP contribution is -2.35. The molecule has 0 unspecified atom stereocenters. The molecule has 0 aromatic carbocycles. The van der Waals surface area contributed by atoms with E-state index in [1.807, 2.05) is 13.8 Å². The summed E-state index contributed by atoms with van der Waals surface area (Å²) in [5.41, 5.74) is -0.166. The molecule has 0 aromatic heterocycles. The number of carboxylic acids is 1. The highest BCUT2D eigenvalue weighted by atomic mass is 16.4. The molecule has 17 heavy (non-hydrogen) atoms. The number of aliphatic carboxylic acids is 1. The number of ketones is 1. The second-order valence-corrected chi connectivity index (χ2v) is 5.52. The van der Waals surface area contributed by atoms with Crippen molar-refractivity contribution < 1.29 is 19.8 Å². The van der Waals surface area contributed by atoms with E-state index in [-0.39, 0.29) is 22.7 Å². The van der Waals surface area contributed by atoms with Crippen LogP contribution in [-0.2, 0) is 9.59 Å². The van der Waals surface area contributed by atoms with E-state index in [9.17, 15) is 14.7 Å². The van der Waals surface area contributed by atoms with Gasteiger partial charge in [0.2, 0.25) is 0 Å². The number of carboxylic acid groups (broad SMARTS) is 1. The zero-order valence-corrected chi connectivity index (χ0v) is 10.6. The highest BCUT2D eigenvalue weighted by molar-refractivity contribution is 6.01. The third-order valence-corrected chi connectivity index (χ3v) is 3.39. The first kappa shape index (κ1) is 13.9. The molecule has 96 valence electrons. The Morgan fingerprint density at radius 3 is 2.65 bits per heavy atom. The number of carbonyl (C=O) groups is 2. The Hall–Kier alpha value is -1.16. The molecule has 0 bridgehead atoms. The molecule has 0 radical (unpaired) electrons. The van der Waals surface area contributed by atoms with Gasteiger partial charge in [-0.2, -0.15) is 0 Å². The van der Waals surface area contributed by atoms with Crippen molar-refractivity contribution in [3.05, 3.63) is 11.6 Å².